The van der Waals surface area contributed by atoms with Gasteiger partial charge in [0, 0.05) is 11.1 Å². The fourth-order valence-electron chi connectivity index (χ4n) is 5.11. The molecule has 0 saturated heterocycles. The minimum atomic E-state index is -1.88. The number of hydrogen-bond acceptors (Lipinski definition) is 4. The zero-order chi connectivity index (χ0) is 23.7. The molecule has 3 aromatic carbocycles. The lowest BCUT2D eigenvalue weighted by molar-refractivity contribution is -0.135. The standard InChI is InChI=1S/C29H29NO4/c1-20-8-2-7-13-27(20)34-17-16-30-25-12-6-5-11-24(25)29(33,28(30)32)19-26(31)23-15-14-21-9-3-4-10-22(21)18-23/h2,5-8,11-15,18,33H,3-4,9-10,16-17,19H2,1H3. The first-order valence-electron chi connectivity index (χ1n) is 11.9. The number of anilines is 1. The first-order valence-corrected chi connectivity index (χ1v) is 11.9. The quantitative estimate of drug-likeness (QED) is 0.522. The molecule has 0 saturated carbocycles. The minimum absolute atomic E-state index is 0.225. The summed E-state index contributed by atoms with van der Waals surface area (Å²) in [6.45, 7) is 2.52. The van der Waals surface area contributed by atoms with Gasteiger partial charge in [0.1, 0.15) is 12.4 Å². The van der Waals surface area contributed by atoms with Gasteiger partial charge < -0.3 is 14.7 Å². The van der Waals surface area contributed by atoms with Gasteiger partial charge in [-0.2, -0.15) is 0 Å². The molecule has 5 nitrogen and oxygen atoms in total. The number of fused-ring (bicyclic) bond motifs is 2. The lowest BCUT2D eigenvalue weighted by atomic mass is 9.85. The van der Waals surface area contributed by atoms with Gasteiger partial charge in [-0.25, -0.2) is 0 Å². The topological polar surface area (TPSA) is 66.8 Å². The summed E-state index contributed by atoms with van der Waals surface area (Å²) in [5.41, 5.74) is 3.29. The number of hydrogen-bond donors (Lipinski definition) is 1. The number of nitrogens with zero attached hydrogens (tertiary/aromatic N) is 1. The summed E-state index contributed by atoms with van der Waals surface area (Å²) >= 11 is 0. The van der Waals surface area contributed by atoms with Crippen molar-refractivity contribution in [1.29, 1.82) is 0 Å². The molecule has 1 unspecified atom stereocenters. The van der Waals surface area contributed by atoms with E-state index in [0.717, 1.165) is 30.6 Å². The Kier molecular flexibility index (Phi) is 5.96. The Morgan fingerprint density at radius 2 is 1.74 bits per heavy atom. The van der Waals surface area contributed by atoms with E-state index in [1.165, 1.54) is 22.4 Å². The largest absolute Gasteiger partial charge is 0.491 e. The van der Waals surface area contributed by atoms with Crippen molar-refractivity contribution < 1.29 is 19.4 Å². The molecule has 0 radical (unpaired) electrons. The molecule has 1 aliphatic carbocycles. The summed E-state index contributed by atoms with van der Waals surface area (Å²) in [6, 6.07) is 20.7. The highest BCUT2D eigenvalue weighted by Gasteiger charge is 2.50. The molecule has 1 N–H and O–H groups in total. The number of rotatable bonds is 7. The molecular formula is C29H29NO4. The molecule has 0 bridgehead atoms. The Morgan fingerprint density at radius 3 is 2.56 bits per heavy atom. The molecule has 5 heteroatoms. The third kappa shape index (κ3) is 4.01. The van der Waals surface area contributed by atoms with Crippen molar-refractivity contribution >= 4 is 17.4 Å². The Bertz CT molecular complexity index is 1250. The predicted molar refractivity (Wildman–Crippen MR) is 131 cm³/mol. The molecule has 1 aliphatic heterocycles. The zero-order valence-corrected chi connectivity index (χ0v) is 19.4. The fourth-order valence-corrected chi connectivity index (χ4v) is 5.11. The second kappa shape index (κ2) is 9.07. The van der Waals surface area contributed by atoms with Crippen LogP contribution in [0.15, 0.2) is 66.7 Å². The number of carbonyl (C=O) groups is 2. The summed E-state index contributed by atoms with van der Waals surface area (Å²) in [4.78, 5) is 28.2. The van der Waals surface area contributed by atoms with Gasteiger partial charge in [-0.3, -0.25) is 9.59 Å². The van der Waals surface area contributed by atoms with Crippen LogP contribution in [-0.2, 0) is 23.2 Å². The number of ether oxygens (including phenoxy) is 1. The van der Waals surface area contributed by atoms with E-state index in [1.807, 2.05) is 61.5 Å². The molecule has 1 atom stereocenters. The van der Waals surface area contributed by atoms with Crippen LogP contribution in [0, 0.1) is 6.92 Å². The second-order valence-electron chi connectivity index (χ2n) is 9.24. The van der Waals surface area contributed by atoms with E-state index in [2.05, 4.69) is 0 Å². The number of Topliss-reactive ketones (excluding diaryl/α,β-unsaturated/α-hetero) is 1. The molecule has 0 fully saturated rings. The van der Waals surface area contributed by atoms with Gasteiger partial charge in [-0.1, -0.05) is 48.5 Å². The van der Waals surface area contributed by atoms with Crippen LogP contribution >= 0.6 is 0 Å². The lowest BCUT2D eigenvalue weighted by Crippen LogP contribution is -2.43. The van der Waals surface area contributed by atoms with E-state index < -0.39 is 11.5 Å². The van der Waals surface area contributed by atoms with Crippen LogP contribution in [0.5, 0.6) is 5.75 Å². The Hall–Kier alpha value is -3.44. The molecule has 34 heavy (non-hydrogen) atoms. The van der Waals surface area contributed by atoms with E-state index >= 15 is 0 Å². The van der Waals surface area contributed by atoms with Crippen LogP contribution in [0.25, 0.3) is 0 Å². The molecular weight excluding hydrogens is 426 g/mol. The van der Waals surface area contributed by atoms with Crippen molar-refractivity contribution in [3.05, 3.63) is 94.5 Å². The monoisotopic (exact) mass is 455 g/mol. The molecule has 3 aromatic rings. The molecule has 174 valence electrons. The predicted octanol–water partition coefficient (Wildman–Crippen LogP) is 4.76. The SMILES string of the molecule is Cc1ccccc1OCCN1C(=O)C(O)(CC(=O)c2ccc3c(c2)CCCC3)c2ccccc21. The lowest BCUT2D eigenvalue weighted by Gasteiger charge is -2.23. The fraction of sp³-hybridized carbons (Fsp3) is 0.310. The second-order valence-corrected chi connectivity index (χ2v) is 9.24. The highest BCUT2D eigenvalue weighted by Crippen LogP contribution is 2.43. The Labute approximate surface area is 200 Å². The molecule has 5 rings (SSSR count). The van der Waals surface area contributed by atoms with E-state index in [1.54, 1.807) is 12.1 Å². The van der Waals surface area contributed by atoms with E-state index in [-0.39, 0.29) is 25.4 Å². The molecule has 1 amide bonds. The normalized spacial score (nSPS) is 19.0. The van der Waals surface area contributed by atoms with Crippen molar-refractivity contribution in [2.75, 3.05) is 18.1 Å². The van der Waals surface area contributed by atoms with Gasteiger partial charge in [0.2, 0.25) is 0 Å². The molecule has 2 aliphatic rings. The Morgan fingerprint density at radius 1 is 1.00 bits per heavy atom. The highest BCUT2D eigenvalue weighted by atomic mass is 16.5. The molecule has 0 spiro atoms. The first-order chi connectivity index (χ1) is 16.5. The van der Waals surface area contributed by atoms with Crippen molar-refractivity contribution in [3.63, 3.8) is 0 Å². The number of ketones is 1. The summed E-state index contributed by atoms with van der Waals surface area (Å²) < 4.78 is 5.89. The van der Waals surface area contributed by atoms with Gasteiger partial charge in [0.15, 0.2) is 11.4 Å². The number of amides is 1. The average Bonchev–Trinajstić information content (AvgIpc) is 3.06. The van der Waals surface area contributed by atoms with Crippen molar-refractivity contribution in [2.45, 2.75) is 44.6 Å². The number of para-hydroxylation sites is 2. The third-order valence-electron chi connectivity index (χ3n) is 6.99. The van der Waals surface area contributed by atoms with Gasteiger partial charge in [0.25, 0.3) is 5.91 Å². The summed E-state index contributed by atoms with van der Waals surface area (Å²) in [6.07, 6.45) is 4.03. The van der Waals surface area contributed by atoms with Gasteiger partial charge >= 0.3 is 0 Å². The van der Waals surface area contributed by atoms with Gasteiger partial charge in [-0.05, 0) is 67.5 Å². The summed E-state index contributed by atoms with van der Waals surface area (Å²) in [5, 5.41) is 11.6. The highest BCUT2D eigenvalue weighted by molar-refractivity contribution is 6.10. The van der Waals surface area contributed by atoms with Crippen LogP contribution in [-0.4, -0.2) is 29.9 Å². The van der Waals surface area contributed by atoms with Crippen LogP contribution < -0.4 is 9.64 Å². The van der Waals surface area contributed by atoms with Crippen LogP contribution in [0.2, 0.25) is 0 Å². The number of aryl methyl sites for hydroxylation is 3. The van der Waals surface area contributed by atoms with Crippen LogP contribution in [0.3, 0.4) is 0 Å². The molecule has 1 heterocycles. The number of carbonyl (C=O) groups excluding carboxylic acids is 2. The van der Waals surface area contributed by atoms with Crippen molar-refractivity contribution in [3.8, 4) is 5.75 Å². The Balaban J connectivity index is 1.35. The maximum absolute atomic E-state index is 13.5. The zero-order valence-electron chi connectivity index (χ0n) is 19.4. The van der Waals surface area contributed by atoms with Crippen molar-refractivity contribution in [2.24, 2.45) is 0 Å². The van der Waals surface area contributed by atoms with Gasteiger partial charge in [-0.15, -0.1) is 0 Å². The third-order valence-corrected chi connectivity index (χ3v) is 6.99. The van der Waals surface area contributed by atoms with E-state index in [0.29, 0.717) is 16.8 Å². The first kappa shape index (κ1) is 22.4. The van der Waals surface area contributed by atoms with E-state index in [4.69, 9.17) is 4.74 Å². The number of aliphatic hydroxyl groups is 1. The summed E-state index contributed by atoms with van der Waals surface area (Å²) in [5.74, 6) is 0.0608. The summed E-state index contributed by atoms with van der Waals surface area (Å²) in [7, 11) is 0. The van der Waals surface area contributed by atoms with Crippen LogP contribution in [0.1, 0.15) is 51.9 Å². The van der Waals surface area contributed by atoms with Crippen LogP contribution in [0.4, 0.5) is 5.69 Å². The maximum Gasteiger partial charge on any atom is 0.264 e. The number of benzene rings is 3. The maximum atomic E-state index is 13.5. The smallest absolute Gasteiger partial charge is 0.264 e. The minimum Gasteiger partial charge on any atom is -0.491 e. The average molecular weight is 456 g/mol. The molecule has 0 aromatic heterocycles. The van der Waals surface area contributed by atoms with E-state index in [9.17, 15) is 14.7 Å². The van der Waals surface area contributed by atoms with Gasteiger partial charge in [0.05, 0.1) is 18.7 Å². The van der Waals surface area contributed by atoms with Crippen molar-refractivity contribution in [1.82, 2.24) is 0 Å².